The Morgan fingerprint density at radius 1 is 0.769 bits per heavy atom. The van der Waals surface area contributed by atoms with Gasteiger partial charge in [-0.25, -0.2) is 0 Å². The highest BCUT2D eigenvalue weighted by Gasteiger charge is 2.67. The first-order valence-electron chi connectivity index (χ1n) is 2.92. The van der Waals surface area contributed by atoms with Crippen LogP contribution in [0, 0.1) is 5.92 Å². The molecule has 8 heteroatoms. The predicted octanol–water partition coefficient (Wildman–Crippen LogP) is 3.38. The normalized spacial score (nSPS) is 17.3. The summed E-state index contributed by atoms with van der Waals surface area (Å²) in [5, 5.41) is 0. The van der Waals surface area contributed by atoms with Crippen LogP contribution in [0.2, 0.25) is 0 Å². The summed E-state index contributed by atoms with van der Waals surface area (Å²) >= 11 is 0. The van der Waals surface area contributed by atoms with E-state index in [0.717, 1.165) is 0 Å². The number of alkyl halides is 8. The Kier molecular flexibility index (Phi) is 2.86. The van der Waals surface area contributed by atoms with E-state index in [1.165, 1.54) is 0 Å². The van der Waals surface area contributed by atoms with Crippen LogP contribution < -0.4 is 0 Å². The van der Waals surface area contributed by atoms with Gasteiger partial charge in [-0.1, -0.05) is 0 Å². The fourth-order valence-electron chi connectivity index (χ4n) is 0.451. The molecule has 13 heavy (non-hydrogen) atoms. The maximum absolute atomic E-state index is 12.0. The van der Waals surface area contributed by atoms with Crippen molar-refractivity contribution >= 4 is 0 Å². The van der Waals surface area contributed by atoms with Gasteiger partial charge in [0.2, 0.25) is 0 Å². The molecule has 0 N–H and O–H groups in total. The Balaban J connectivity index is 4.86. The van der Waals surface area contributed by atoms with Crippen molar-refractivity contribution < 1.29 is 35.1 Å². The van der Waals surface area contributed by atoms with Crippen LogP contribution in [-0.4, -0.2) is 18.3 Å². The van der Waals surface area contributed by atoms with E-state index in [9.17, 15) is 35.1 Å². The lowest BCUT2D eigenvalue weighted by Crippen LogP contribution is -2.48. The van der Waals surface area contributed by atoms with E-state index in [4.69, 9.17) is 0 Å². The minimum atomic E-state index is -6.18. The smallest absolute Gasteiger partial charge is 0.196 e. The van der Waals surface area contributed by atoms with E-state index in [-0.39, 0.29) is 6.92 Å². The summed E-state index contributed by atoms with van der Waals surface area (Å²) in [4.78, 5) is 0. The van der Waals surface area contributed by atoms with Crippen molar-refractivity contribution in [3.05, 3.63) is 0 Å². The molecule has 0 amide bonds. The molecule has 0 aliphatic heterocycles. The van der Waals surface area contributed by atoms with Gasteiger partial charge in [-0.3, -0.25) is 0 Å². The lowest BCUT2D eigenvalue weighted by Gasteiger charge is -2.27. The highest BCUT2D eigenvalue weighted by atomic mass is 19.4. The minimum absolute atomic E-state index is 0.215. The summed E-state index contributed by atoms with van der Waals surface area (Å²) in [6.07, 6.45) is -11.7. The average molecular weight is 216 g/mol. The highest BCUT2D eigenvalue weighted by Crippen LogP contribution is 2.47. The zero-order valence-electron chi connectivity index (χ0n) is 6.10. The van der Waals surface area contributed by atoms with Gasteiger partial charge in [-0.05, 0) is 6.92 Å². The first-order chi connectivity index (χ1) is 5.40. The summed E-state index contributed by atoms with van der Waals surface area (Å²) in [5.41, 5.74) is 0. The predicted molar refractivity (Wildman–Crippen MR) is 26.2 cm³/mol. The third-order valence-electron chi connectivity index (χ3n) is 1.41. The zero-order chi connectivity index (χ0) is 11.1. The molecule has 0 saturated carbocycles. The van der Waals surface area contributed by atoms with Gasteiger partial charge < -0.3 is 0 Å². The average Bonchev–Trinajstić information content (AvgIpc) is 1.81. The van der Waals surface area contributed by atoms with Gasteiger partial charge in [0.25, 0.3) is 0 Å². The molecule has 0 aliphatic rings. The van der Waals surface area contributed by atoms with Crippen LogP contribution in [0.4, 0.5) is 35.1 Å². The van der Waals surface area contributed by atoms with E-state index in [2.05, 4.69) is 0 Å². The van der Waals surface area contributed by atoms with Gasteiger partial charge in [0.05, 0.1) is 0 Å². The number of hydrogen-bond donors (Lipinski definition) is 0. The summed E-state index contributed by atoms with van der Waals surface area (Å²) in [6.45, 7) is -0.215. The molecule has 0 aromatic carbocycles. The molecule has 0 aliphatic carbocycles. The summed E-state index contributed by atoms with van der Waals surface area (Å²) < 4.78 is 92.5. The Labute approximate surface area is 67.5 Å². The number of hydrogen-bond acceptors (Lipinski definition) is 0. The fourth-order valence-corrected chi connectivity index (χ4v) is 0.451. The van der Waals surface area contributed by atoms with Crippen LogP contribution in [0.25, 0.3) is 0 Å². The Morgan fingerprint density at radius 2 is 1.08 bits per heavy atom. The van der Waals surface area contributed by atoms with E-state index in [0.29, 0.717) is 0 Å². The molecule has 0 rings (SSSR count). The maximum atomic E-state index is 12.0. The second-order valence-electron chi connectivity index (χ2n) is 2.38. The fraction of sp³-hybridized carbons (Fsp3) is 1.00. The van der Waals surface area contributed by atoms with Gasteiger partial charge in [-0.2, -0.15) is 35.1 Å². The highest BCUT2D eigenvalue weighted by molar-refractivity contribution is 4.85. The van der Waals surface area contributed by atoms with Crippen molar-refractivity contribution in [2.45, 2.75) is 25.2 Å². The van der Waals surface area contributed by atoms with Crippen molar-refractivity contribution in [3.63, 3.8) is 0 Å². The quantitative estimate of drug-likeness (QED) is 0.589. The third kappa shape index (κ3) is 2.44. The minimum Gasteiger partial charge on any atom is -0.196 e. The Bertz CT molecular complexity index is 174. The second kappa shape index (κ2) is 2.98. The first-order valence-corrected chi connectivity index (χ1v) is 2.92. The SMILES string of the molecule is CC(C(F)(F)F)C(F)(F)C(F)(F)F. The van der Waals surface area contributed by atoms with Gasteiger partial charge in [0, 0.05) is 0 Å². The molecule has 0 aromatic heterocycles. The lowest BCUT2D eigenvalue weighted by atomic mass is 10.0. The van der Waals surface area contributed by atoms with Crippen LogP contribution >= 0.6 is 0 Å². The molecule has 80 valence electrons. The van der Waals surface area contributed by atoms with E-state index < -0.39 is 24.2 Å². The van der Waals surface area contributed by atoms with Crippen molar-refractivity contribution in [2.24, 2.45) is 5.92 Å². The molecule has 0 radical (unpaired) electrons. The molecule has 0 aromatic rings. The van der Waals surface area contributed by atoms with Crippen LogP contribution in [0.15, 0.2) is 0 Å². The van der Waals surface area contributed by atoms with Crippen molar-refractivity contribution in [1.82, 2.24) is 0 Å². The number of halogens is 8. The molecule has 0 fully saturated rings. The van der Waals surface area contributed by atoms with Crippen LogP contribution in [-0.2, 0) is 0 Å². The topological polar surface area (TPSA) is 0 Å². The molecule has 0 heterocycles. The molecular formula is C5H4F8. The Hall–Kier alpha value is -0.560. The Morgan fingerprint density at radius 3 is 1.15 bits per heavy atom. The van der Waals surface area contributed by atoms with Crippen LogP contribution in [0.5, 0.6) is 0 Å². The van der Waals surface area contributed by atoms with Gasteiger partial charge in [-0.15, -0.1) is 0 Å². The molecular weight excluding hydrogens is 212 g/mol. The van der Waals surface area contributed by atoms with Crippen molar-refractivity contribution in [1.29, 1.82) is 0 Å². The van der Waals surface area contributed by atoms with Crippen molar-refractivity contribution in [3.8, 4) is 0 Å². The first kappa shape index (κ1) is 12.4. The maximum Gasteiger partial charge on any atom is 0.453 e. The standard InChI is InChI=1S/C5H4F8/c1-2(4(8,9)10)3(6,7)5(11,12)13/h2H,1H3. The van der Waals surface area contributed by atoms with Gasteiger partial charge in [0.1, 0.15) is 5.92 Å². The summed E-state index contributed by atoms with van der Waals surface area (Å²) in [7, 11) is 0. The molecule has 1 unspecified atom stereocenters. The number of rotatable bonds is 1. The molecule has 0 bridgehead atoms. The molecule has 0 saturated heterocycles. The van der Waals surface area contributed by atoms with Gasteiger partial charge >= 0.3 is 18.3 Å². The van der Waals surface area contributed by atoms with Crippen LogP contribution in [0.3, 0.4) is 0 Å². The van der Waals surface area contributed by atoms with Crippen LogP contribution in [0.1, 0.15) is 6.92 Å². The third-order valence-corrected chi connectivity index (χ3v) is 1.41. The van der Waals surface area contributed by atoms with E-state index in [1.807, 2.05) is 0 Å². The molecule has 0 spiro atoms. The lowest BCUT2D eigenvalue weighted by molar-refractivity contribution is -0.341. The summed E-state index contributed by atoms with van der Waals surface area (Å²) in [6, 6.07) is 0. The monoisotopic (exact) mass is 216 g/mol. The van der Waals surface area contributed by atoms with Crippen molar-refractivity contribution in [2.75, 3.05) is 0 Å². The van der Waals surface area contributed by atoms with E-state index >= 15 is 0 Å². The zero-order valence-corrected chi connectivity index (χ0v) is 6.10. The second-order valence-corrected chi connectivity index (χ2v) is 2.38. The largest absolute Gasteiger partial charge is 0.453 e. The van der Waals surface area contributed by atoms with Gasteiger partial charge in [0.15, 0.2) is 0 Å². The molecule has 1 atom stereocenters. The summed E-state index contributed by atoms with van der Waals surface area (Å²) in [5.74, 6) is -9.48. The van der Waals surface area contributed by atoms with E-state index in [1.54, 1.807) is 0 Å². The molecule has 0 nitrogen and oxygen atoms in total.